The summed E-state index contributed by atoms with van der Waals surface area (Å²) in [6.07, 6.45) is 1.59. The molecule has 0 bridgehead atoms. The predicted molar refractivity (Wildman–Crippen MR) is 115 cm³/mol. The van der Waals surface area contributed by atoms with Gasteiger partial charge in [-0.2, -0.15) is 5.10 Å². The lowest BCUT2D eigenvalue weighted by Crippen LogP contribution is -2.13. The first-order valence-corrected chi connectivity index (χ1v) is 9.22. The molecule has 0 fully saturated rings. The first kappa shape index (κ1) is 18.5. The summed E-state index contributed by atoms with van der Waals surface area (Å²) in [7, 11) is 1.77. The zero-order valence-electron chi connectivity index (χ0n) is 15.9. The summed E-state index contributed by atoms with van der Waals surface area (Å²) in [6, 6.07) is 28.1. The van der Waals surface area contributed by atoms with Gasteiger partial charge in [0.1, 0.15) is 5.82 Å². The lowest BCUT2D eigenvalue weighted by Gasteiger charge is -2.14. The van der Waals surface area contributed by atoms with Crippen LogP contribution >= 0.6 is 0 Å². The molecule has 4 nitrogen and oxygen atoms in total. The third-order valence-corrected chi connectivity index (χ3v) is 4.37. The SMILES string of the molecule is CN(/N=C\c1cccc(F)c1)c1nc(-c2ccccc2)cc(-c2ccccc2)n1. The number of anilines is 1. The zero-order valence-corrected chi connectivity index (χ0v) is 15.9. The molecule has 0 amide bonds. The van der Waals surface area contributed by atoms with E-state index in [-0.39, 0.29) is 5.82 Å². The number of hydrogen-bond acceptors (Lipinski definition) is 4. The molecule has 142 valence electrons. The van der Waals surface area contributed by atoms with Crippen LogP contribution in [0.3, 0.4) is 0 Å². The van der Waals surface area contributed by atoms with Gasteiger partial charge in [0.2, 0.25) is 5.95 Å². The van der Waals surface area contributed by atoms with Gasteiger partial charge in [-0.05, 0) is 23.8 Å². The average Bonchev–Trinajstić information content (AvgIpc) is 2.78. The molecule has 1 aromatic heterocycles. The third-order valence-electron chi connectivity index (χ3n) is 4.37. The van der Waals surface area contributed by atoms with E-state index in [1.54, 1.807) is 30.4 Å². The van der Waals surface area contributed by atoms with Gasteiger partial charge in [-0.15, -0.1) is 0 Å². The second kappa shape index (κ2) is 8.44. The Balaban J connectivity index is 1.73. The lowest BCUT2D eigenvalue weighted by atomic mass is 10.1. The van der Waals surface area contributed by atoms with E-state index >= 15 is 0 Å². The van der Waals surface area contributed by atoms with Crippen LogP contribution < -0.4 is 5.01 Å². The maximum atomic E-state index is 13.4. The van der Waals surface area contributed by atoms with Crippen LogP contribution in [0, 0.1) is 5.82 Å². The Hall–Kier alpha value is -3.86. The molecule has 0 atom stereocenters. The van der Waals surface area contributed by atoms with Crippen molar-refractivity contribution in [1.29, 1.82) is 0 Å². The Labute approximate surface area is 169 Å². The van der Waals surface area contributed by atoms with Crippen molar-refractivity contribution in [3.8, 4) is 22.5 Å². The highest BCUT2D eigenvalue weighted by atomic mass is 19.1. The van der Waals surface area contributed by atoms with Crippen LogP contribution in [0.2, 0.25) is 0 Å². The van der Waals surface area contributed by atoms with Gasteiger partial charge in [-0.3, -0.25) is 0 Å². The van der Waals surface area contributed by atoms with Crippen molar-refractivity contribution >= 4 is 12.2 Å². The van der Waals surface area contributed by atoms with Crippen LogP contribution in [0.25, 0.3) is 22.5 Å². The molecule has 29 heavy (non-hydrogen) atoms. The second-order valence-corrected chi connectivity index (χ2v) is 6.49. The van der Waals surface area contributed by atoms with Crippen LogP contribution in [-0.2, 0) is 0 Å². The monoisotopic (exact) mass is 382 g/mol. The van der Waals surface area contributed by atoms with Crippen LogP contribution in [0.1, 0.15) is 5.56 Å². The van der Waals surface area contributed by atoms with E-state index in [1.165, 1.54) is 12.1 Å². The van der Waals surface area contributed by atoms with Crippen molar-refractivity contribution in [3.05, 3.63) is 102 Å². The highest BCUT2D eigenvalue weighted by molar-refractivity contribution is 5.80. The molecule has 1 heterocycles. The summed E-state index contributed by atoms with van der Waals surface area (Å²) in [6.45, 7) is 0. The van der Waals surface area contributed by atoms with Crippen LogP contribution in [0.4, 0.5) is 10.3 Å². The van der Waals surface area contributed by atoms with Crippen LogP contribution in [0.15, 0.2) is 96.1 Å². The Morgan fingerprint density at radius 1 is 0.759 bits per heavy atom. The highest BCUT2D eigenvalue weighted by Gasteiger charge is 2.11. The van der Waals surface area contributed by atoms with Gasteiger partial charge >= 0.3 is 0 Å². The molecule has 0 aliphatic rings. The van der Waals surface area contributed by atoms with Gasteiger partial charge < -0.3 is 0 Å². The second-order valence-electron chi connectivity index (χ2n) is 6.49. The van der Waals surface area contributed by atoms with Crippen molar-refractivity contribution in [3.63, 3.8) is 0 Å². The number of benzene rings is 3. The molecule has 0 unspecified atom stereocenters. The van der Waals surface area contributed by atoms with E-state index in [9.17, 15) is 4.39 Å². The fourth-order valence-corrected chi connectivity index (χ4v) is 2.88. The Morgan fingerprint density at radius 2 is 1.34 bits per heavy atom. The molecule has 3 aromatic carbocycles. The summed E-state index contributed by atoms with van der Waals surface area (Å²) in [5, 5.41) is 5.98. The summed E-state index contributed by atoms with van der Waals surface area (Å²) in [5.74, 6) is 0.156. The smallest absolute Gasteiger partial charge is 0.235 e. The minimum absolute atomic E-state index is 0.301. The molecule has 4 rings (SSSR count). The minimum Gasteiger partial charge on any atom is -0.235 e. The fraction of sp³-hybridized carbons (Fsp3) is 0.0417. The molecule has 5 heteroatoms. The zero-order chi connectivity index (χ0) is 20.1. The lowest BCUT2D eigenvalue weighted by molar-refractivity contribution is 0.627. The Bertz CT molecular complexity index is 1070. The van der Waals surface area contributed by atoms with E-state index in [4.69, 9.17) is 0 Å². The number of hydrazone groups is 1. The van der Waals surface area contributed by atoms with Gasteiger partial charge in [-0.25, -0.2) is 19.4 Å². The minimum atomic E-state index is -0.301. The molecule has 0 N–H and O–H groups in total. The first-order chi connectivity index (χ1) is 14.2. The third kappa shape index (κ3) is 4.52. The standard InChI is InChI=1S/C24H19FN4/c1-29(26-17-18-9-8-14-21(25)15-18)24-27-22(19-10-4-2-5-11-19)16-23(28-24)20-12-6-3-7-13-20/h2-17H,1H3/b26-17-. The molecule has 0 saturated heterocycles. The molecule has 0 aliphatic carbocycles. The van der Waals surface area contributed by atoms with E-state index in [2.05, 4.69) is 15.1 Å². The van der Waals surface area contributed by atoms with Gasteiger partial charge in [0.25, 0.3) is 0 Å². The average molecular weight is 382 g/mol. The molecular weight excluding hydrogens is 363 g/mol. The Kier molecular flexibility index (Phi) is 5.38. The van der Waals surface area contributed by atoms with Crippen molar-refractivity contribution < 1.29 is 4.39 Å². The fourth-order valence-electron chi connectivity index (χ4n) is 2.88. The molecule has 4 aromatic rings. The number of hydrogen-bond donors (Lipinski definition) is 0. The van der Waals surface area contributed by atoms with Crippen molar-refractivity contribution in [1.82, 2.24) is 9.97 Å². The van der Waals surface area contributed by atoms with Crippen LogP contribution in [-0.4, -0.2) is 23.2 Å². The summed E-state index contributed by atoms with van der Waals surface area (Å²) >= 11 is 0. The topological polar surface area (TPSA) is 41.4 Å². The number of halogens is 1. The van der Waals surface area contributed by atoms with Crippen molar-refractivity contribution in [2.75, 3.05) is 12.1 Å². The normalized spacial score (nSPS) is 11.0. The predicted octanol–water partition coefficient (Wildman–Crippen LogP) is 5.42. The largest absolute Gasteiger partial charge is 0.247 e. The first-order valence-electron chi connectivity index (χ1n) is 9.22. The molecule has 0 spiro atoms. The summed E-state index contributed by atoms with van der Waals surface area (Å²) in [5.41, 5.74) is 4.27. The number of nitrogens with zero attached hydrogens (tertiary/aromatic N) is 4. The van der Waals surface area contributed by atoms with Crippen LogP contribution in [0.5, 0.6) is 0 Å². The van der Waals surface area contributed by atoms with Gasteiger partial charge in [0.15, 0.2) is 0 Å². The van der Waals surface area contributed by atoms with Crippen molar-refractivity contribution in [2.45, 2.75) is 0 Å². The van der Waals surface area contributed by atoms with Gasteiger partial charge in [0, 0.05) is 18.2 Å². The molecule has 0 saturated carbocycles. The highest BCUT2D eigenvalue weighted by Crippen LogP contribution is 2.26. The van der Waals surface area contributed by atoms with Gasteiger partial charge in [-0.1, -0.05) is 72.8 Å². The number of aromatic nitrogens is 2. The molecule has 0 radical (unpaired) electrons. The molecular formula is C24H19FN4. The maximum absolute atomic E-state index is 13.4. The van der Waals surface area contributed by atoms with E-state index < -0.39 is 0 Å². The number of rotatable bonds is 5. The quantitative estimate of drug-likeness (QED) is 0.342. The molecule has 0 aliphatic heterocycles. The summed E-state index contributed by atoms with van der Waals surface area (Å²) in [4.78, 5) is 9.37. The Morgan fingerprint density at radius 3 is 1.90 bits per heavy atom. The maximum Gasteiger partial charge on any atom is 0.247 e. The van der Waals surface area contributed by atoms with E-state index in [0.717, 1.165) is 22.5 Å². The van der Waals surface area contributed by atoms with Crippen molar-refractivity contribution in [2.24, 2.45) is 5.10 Å². The van der Waals surface area contributed by atoms with E-state index in [1.807, 2.05) is 66.7 Å². The van der Waals surface area contributed by atoms with Gasteiger partial charge in [0.05, 0.1) is 17.6 Å². The van der Waals surface area contributed by atoms with E-state index in [0.29, 0.717) is 11.5 Å². The summed E-state index contributed by atoms with van der Waals surface area (Å²) < 4.78 is 13.4.